The van der Waals surface area contributed by atoms with Crippen molar-refractivity contribution < 1.29 is 9.53 Å². The lowest BCUT2D eigenvalue weighted by atomic mass is 9.67. The highest BCUT2D eigenvalue weighted by Gasteiger charge is 2.46. The molecule has 35 heavy (non-hydrogen) atoms. The minimum atomic E-state index is 0. The molecule has 0 spiro atoms. The second-order valence-corrected chi connectivity index (χ2v) is 10.2. The van der Waals surface area contributed by atoms with Gasteiger partial charge in [-0.2, -0.15) is 5.10 Å². The van der Waals surface area contributed by atoms with Gasteiger partial charge in [0, 0.05) is 29.3 Å². The van der Waals surface area contributed by atoms with Gasteiger partial charge in [-0.3, -0.25) is 14.8 Å². The molecule has 2 aromatic carbocycles. The van der Waals surface area contributed by atoms with Gasteiger partial charge in [-0.25, -0.2) is 0 Å². The van der Waals surface area contributed by atoms with Crippen LogP contribution in [-0.2, 0) is 11.2 Å². The molecule has 3 aliphatic rings. The Labute approximate surface area is 213 Å². The van der Waals surface area contributed by atoms with Crippen LogP contribution in [0.5, 0.6) is 5.75 Å². The summed E-state index contributed by atoms with van der Waals surface area (Å²) >= 11 is 0. The second-order valence-electron chi connectivity index (χ2n) is 10.2. The lowest BCUT2D eigenvalue weighted by Gasteiger charge is -2.35. The number of hydrogen-bond donors (Lipinski definition) is 1. The quantitative estimate of drug-likeness (QED) is 0.454. The fraction of sp³-hybridized carbons (Fsp3) is 0.448. The maximum Gasteiger partial charge on any atom is 0.163 e. The zero-order valence-electron chi connectivity index (χ0n) is 20.4. The normalized spacial score (nSPS) is 22.1. The molecule has 184 valence electrons. The van der Waals surface area contributed by atoms with Crippen LogP contribution in [-0.4, -0.2) is 47.1 Å². The third kappa shape index (κ3) is 4.19. The Morgan fingerprint density at radius 3 is 2.66 bits per heavy atom. The molecule has 5 nitrogen and oxygen atoms in total. The first-order valence-electron chi connectivity index (χ1n) is 12.9. The van der Waals surface area contributed by atoms with Crippen LogP contribution in [0.4, 0.5) is 0 Å². The van der Waals surface area contributed by atoms with E-state index in [9.17, 15) is 4.79 Å². The van der Waals surface area contributed by atoms with Crippen molar-refractivity contribution in [1.82, 2.24) is 15.1 Å². The van der Waals surface area contributed by atoms with Crippen molar-refractivity contribution in [1.29, 1.82) is 0 Å². The standard InChI is InChI=1S/C29H33N3O2.ClH/c1-2-29-13-12-26(33)27(28(29)22-10-11-25-24(19-30-31-25)23(22)18-29)20-6-8-21(9-7-20)34-17-16-32-14-4-3-5-15-32;/h6-11,19H,2-5,12-18H2,1H3,(H,30,31);1H. The summed E-state index contributed by atoms with van der Waals surface area (Å²) in [4.78, 5) is 15.8. The third-order valence-corrected chi connectivity index (χ3v) is 8.35. The Hall–Kier alpha value is -2.63. The molecule has 0 amide bonds. The number of likely N-dealkylation sites (tertiary alicyclic amines) is 1. The summed E-state index contributed by atoms with van der Waals surface area (Å²) in [6, 6.07) is 12.5. The van der Waals surface area contributed by atoms with Gasteiger partial charge in [0.25, 0.3) is 0 Å². The first-order chi connectivity index (χ1) is 16.7. The summed E-state index contributed by atoms with van der Waals surface area (Å²) in [6.07, 6.45) is 9.45. The van der Waals surface area contributed by atoms with Crippen LogP contribution in [0.3, 0.4) is 0 Å². The average Bonchev–Trinajstić information content (AvgIpc) is 3.48. The number of aromatic amines is 1. The summed E-state index contributed by atoms with van der Waals surface area (Å²) in [5, 5.41) is 8.57. The summed E-state index contributed by atoms with van der Waals surface area (Å²) in [7, 11) is 0. The zero-order valence-corrected chi connectivity index (χ0v) is 21.3. The van der Waals surface area contributed by atoms with Crippen LogP contribution >= 0.6 is 12.4 Å². The summed E-state index contributed by atoms with van der Waals surface area (Å²) in [5.41, 5.74) is 6.86. The van der Waals surface area contributed by atoms with Gasteiger partial charge in [0.2, 0.25) is 0 Å². The van der Waals surface area contributed by atoms with Crippen LogP contribution in [0.15, 0.2) is 42.6 Å². The van der Waals surface area contributed by atoms with Crippen molar-refractivity contribution in [2.24, 2.45) is 5.41 Å². The summed E-state index contributed by atoms with van der Waals surface area (Å²) < 4.78 is 6.05. The second kappa shape index (κ2) is 9.79. The number of piperidine rings is 1. The number of ether oxygens (including phenoxy) is 1. The number of aromatic nitrogens is 2. The van der Waals surface area contributed by atoms with Gasteiger partial charge in [-0.1, -0.05) is 31.5 Å². The van der Waals surface area contributed by atoms with Gasteiger partial charge in [0.15, 0.2) is 5.78 Å². The molecule has 1 aliphatic heterocycles. The van der Waals surface area contributed by atoms with E-state index in [-0.39, 0.29) is 23.6 Å². The number of carbonyl (C=O) groups excluding carboxylic acids is 1. The first kappa shape index (κ1) is 24.1. The zero-order chi connectivity index (χ0) is 23.1. The Balaban J connectivity index is 0.00000253. The topological polar surface area (TPSA) is 58.2 Å². The van der Waals surface area contributed by atoms with Crippen LogP contribution in [0.2, 0.25) is 0 Å². The number of benzene rings is 2. The minimum absolute atomic E-state index is 0. The van der Waals surface area contributed by atoms with E-state index in [0.717, 1.165) is 48.2 Å². The van der Waals surface area contributed by atoms with Crippen molar-refractivity contribution in [3.8, 4) is 5.75 Å². The number of nitrogens with one attached hydrogen (secondary N) is 1. The molecule has 1 N–H and O–H groups in total. The molecular formula is C29H34ClN3O2. The van der Waals surface area contributed by atoms with E-state index in [1.807, 2.05) is 18.3 Å². The van der Waals surface area contributed by atoms with Gasteiger partial charge >= 0.3 is 0 Å². The van der Waals surface area contributed by atoms with E-state index < -0.39 is 0 Å². The largest absolute Gasteiger partial charge is 0.492 e. The van der Waals surface area contributed by atoms with Crippen LogP contribution in [0, 0.1) is 5.41 Å². The Morgan fingerprint density at radius 1 is 1.09 bits per heavy atom. The summed E-state index contributed by atoms with van der Waals surface area (Å²) in [6.45, 7) is 6.33. The highest BCUT2D eigenvalue weighted by atomic mass is 35.5. The fourth-order valence-corrected chi connectivity index (χ4v) is 6.42. The number of Topliss-reactive ketones (excluding diaryl/α,β-unsaturated/α-hetero) is 1. The number of halogens is 1. The van der Waals surface area contributed by atoms with Crippen LogP contribution < -0.4 is 4.74 Å². The fourth-order valence-electron chi connectivity index (χ4n) is 6.42. The Kier molecular flexibility index (Phi) is 6.73. The minimum Gasteiger partial charge on any atom is -0.492 e. The number of fused-ring (bicyclic) bond motifs is 5. The number of H-pyrrole nitrogens is 1. The van der Waals surface area contributed by atoms with Crippen molar-refractivity contribution in [2.45, 2.75) is 51.9 Å². The number of carbonyl (C=O) groups is 1. The summed E-state index contributed by atoms with van der Waals surface area (Å²) in [5.74, 6) is 1.14. The Morgan fingerprint density at radius 2 is 1.89 bits per heavy atom. The van der Waals surface area contributed by atoms with Gasteiger partial charge in [-0.15, -0.1) is 12.4 Å². The number of allylic oxidation sites excluding steroid dienone is 2. The van der Waals surface area contributed by atoms with Gasteiger partial charge in [0.1, 0.15) is 12.4 Å². The number of rotatable bonds is 6. The van der Waals surface area contributed by atoms with Crippen LogP contribution in [0.1, 0.15) is 62.1 Å². The first-order valence-corrected chi connectivity index (χ1v) is 12.9. The SMILES string of the molecule is CCC12CCC(=O)C(c3ccc(OCCN4CCCCC4)cc3)=C1c1ccc3[nH]ncc3c1C2.Cl. The van der Waals surface area contributed by atoms with Gasteiger partial charge in [0.05, 0.1) is 11.7 Å². The van der Waals surface area contributed by atoms with Gasteiger partial charge < -0.3 is 4.74 Å². The van der Waals surface area contributed by atoms with E-state index >= 15 is 0 Å². The Bertz CT molecular complexity index is 1260. The number of nitrogens with zero attached hydrogens (tertiary/aromatic N) is 2. The van der Waals surface area contributed by atoms with E-state index in [4.69, 9.17) is 4.74 Å². The number of hydrogen-bond acceptors (Lipinski definition) is 4. The predicted octanol–water partition coefficient (Wildman–Crippen LogP) is 6.08. The number of ketones is 1. The molecule has 3 aromatic rings. The monoisotopic (exact) mass is 491 g/mol. The molecule has 0 bridgehead atoms. The van der Waals surface area contributed by atoms with Crippen molar-refractivity contribution in [3.05, 3.63) is 59.3 Å². The maximum atomic E-state index is 13.3. The molecule has 1 unspecified atom stereocenters. The molecule has 2 aliphatic carbocycles. The third-order valence-electron chi connectivity index (χ3n) is 8.35. The average molecular weight is 492 g/mol. The maximum absolute atomic E-state index is 13.3. The van der Waals surface area contributed by atoms with E-state index in [1.54, 1.807) is 0 Å². The van der Waals surface area contributed by atoms with Crippen molar-refractivity contribution >= 4 is 40.2 Å². The molecular weight excluding hydrogens is 458 g/mol. The van der Waals surface area contributed by atoms with E-state index in [1.165, 1.54) is 54.4 Å². The molecule has 6 rings (SSSR count). The molecule has 2 heterocycles. The smallest absolute Gasteiger partial charge is 0.163 e. The van der Waals surface area contributed by atoms with Crippen molar-refractivity contribution in [3.63, 3.8) is 0 Å². The molecule has 0 saturated carbocycles. The molecule has 0 radical (unpaired) electrons. The molecule has 1 aromatic heterocycles. The van der Waals surface area contributed by atoms with Crippen molar-refractivity contribution in [2.75, 3.05) is 26.2 Å². The van der Waals surface area contributed by atoms with E-state index in [0.29, 0.717) is 13.0 Å². The van der Waals surface area contributed by atoms with Gasteiger partial charge in [-0.05, 0) is 85.7 Å². The predicted molar refractivity (Wildman–Crippen MR) is 143 cm³/mol. The lowest BCUT2D eigenvalue weighted by Crippen LogP contribution is -2.33. The lowest BCUT2D eigenvalue weighted by molar-refractivity contribution is -0.114. The highest BCUT2D eigenvalue weighted by Crippen LogP contribution is 2.58. The molecule has 1 saturated heterocycles. The molecule has 6 heteroatoms. The molecule has 1 atom stereocenters. The van der Waals surface area contributed by atoms with E-state index in [2.05, 4.69) is 46.3 Å². The molecule has 1 fully saturated rings. The van der Waals surface area contributed by atoms with Crippen LogP contribution in [0.25, 0.3) is 22.0 Å². The highest BCUT2D eigenvalue weighted by molar-refractivity contribution is 6.30.